The molecule has 1 aromatic rings. The number of hydrogen-bond donors (Lipinski definition) is 2. The standard InChI is InChI=1S/C13H24N4O/c1-5-7-15-11-8-14-9-12(16-11)17(6-2)10-13(3,4)18/h8-9,18H,5-7,10H2,1-4H3,(H,15,16). The molecule has 1 aromatic heterocycles. The lowest BCUT2D eigenvalue weighted by molar-refractivity contribution is 0.0874. The summed E-state index contributed by atoms with van der Waals surface area (Å²) >= 11 is 0. The molecule has 0 unspecified atom stereocenters. The predicted molar refractivity (Wildman–Crippen MR) is 75.0 cm³/mol. The summed E-state index contributed by atoms with van der Waals surface area (Å²) in [7, 11) is 0. The third kappa shape index (κ3) is 4.87. The third-order valence-corrected chi connectivity index (χ3v) is 2.46. The molecule has 0 saturated carbocycles. The van der Waals surface area contributed by atoms with E-state index < -0.39 is 5.60 Å². The van der Waals surface area contributed by atoms with Gasteiger partial charge >= 0.3 is 0 Å². The van der Waals surface area contributed by atoms with Crippen LogP contribution < -0.4 is 10.2 Å². The number of aromatic nitrogens is 2. The summed E-state index contributed by atoms with van der Waals surface area (Å²) in [5.41, 5.74) is -0.745. The minimum Gasteiger partial charge on any atom is -0.389 e. The smallest absolute Gasteiger partial charge is 0.149 e. The van der Waals surface area contributed by atoms with E-state index in [9.17, 15) is 5.11 Å². The Balaban J connectivity index is 2.79. The molecule has 0 aromatic carbocycles. The van der Waals surface area contributed by atoms with E-state index in [4.69, 9.17) is 0 Å². The van der Waals surface area contributed by atoms with Gasteiger partial charge in [-0.25, -0.2) is 4.98 Å². The van der Waals surface area contributed by atoms with Gasteiger partial charge in [0.15, 0.2) is 0 Å². The SMILES string of the molecule is CCCNc1cncc(N(CC)CC(C)(C)O)n1. The molecule has 0 atom stereocenters. The lowest BCUT2D eigenvalue weighted by Gasteiger charge is -2.28. The van der Waals surface area contributed by atoms with Gasteiger partial charge < -0.3 is 15.3 Å². The Hall–Kier alpha value is -1.36. The van der Waals surface area contributed by atoms with E-state index in [0.29, 0.717) is 6.54 Å². The van der Waals surface area contributed by atoms with E-state index in [1.165, 1.54) is 0 Å². The van der Waals surface area contributed by atoms with Gasteiger partial charge in [0.05, 0.1) is 18.0 Å². The molecule has 0 bridgehead atoms. The van der Waals surface area contributed by atoms with Gasteiger partial charge in [0.25, 0.3) is 0 Å². The molecule has 102 valence electrons. The van der Waals surface area contributed by atoms with Gasteiger partial charge in [0.1, 0.15) is 11.6 Å². The fourth-order valence-electron chi connectivity index (χ4n) is 1.67. The summed E-state index contributed by atoms with van der Waals surface area (Å²) in [5.74, 6) is 1.57. The molecule has 0 spiro atoms. The van der Waals surface area contributed by atoms with Crippen molar-refractivity contribution in [3.63, 3.8) is 0 Å². The van der Waals surface area contributed by atoms with E-state index in [0.717, 1.165) is 31.1 Å². The average molecular weight is 252 g/mol. The van der Waals surface area contributed by atoms with E-state index >= 15 is 0 Å². The van der Waals surface area contributed by atoms with Gasteiger partial charge in [0, 0.05) is 19.6 Å². The van der Waals surface area contributed by atoms with Gasteiger partial charge in [-0.2, -0.15) is 0 Å². The average Bonchev–Trinajstić information content (AvgIpc) is 2.32. The van der Waals surface area contributed by atoms with Crippen molar-refractivity contribution in [2.45, 2.75) is 39.7 Å². The molecular weight excluding hydrogens is 228 g/mol. The zero-order valence-corrected chi connectivity index (χ0v) is 11.8. The molecule has 0 aliphatic heterocycles. The highest BCUT2D eigenvalue weighted by molar-refractivity contribution is 5.44. The van der Waals surface area contributed by atoms with Crippen molar-refractivity contribution in [2.24, 2.45) is 0 Å². The molecule has 5 nitrogen and oxygen atoms in total. The van der Waals surface area contributed by atoms with Crippen molar-refractivity contribution in [2.75, 3.05) is 29.9 Å². The maximum atomic E-state index is 9.89. The van der Waals surface area contributed by atoms with Crippen LogP contribution in [-0.4, -0.2) is 40.3 Å². The summed E-state index contributed by atoms with van der Waals surface area (Å²) in [6.45, 7) is 9.95. The third-order valence-electron chi connectivity index (χ3n) is 2.46. The first-order valence-electron chi connectivity index (χ1n) is 6.49. The molecule has 2 N–H and O–H groups in total. The largest absolute Gasteiger partial charge is 0.389 e. The van der Waals surface area contributed by atoms with E-state index in [1.807, 2.05) is 11.8 Å². The second-order valence-electron chi connectivity index (χ2n) is 5.02. The molecule has 0 fully saturated rings. The van der Waals surface area contributed by atoms with Gasteiger partial charge in [-0.15, -0.1) is 0 Å². The highest BCUT2D eigenvalue weighted by atomic mass is 16.3. The lowest BCUT2D eigenvalue weighted by Crippen LogP contribution is -2.39. The Kier molecular flexibility index (Phi) is 5.34. The lowest BCUT2D eigenvalue weighted by atomic mass is 10.1. The van der Waals surface area contributed by atoms with Crippen molar-refractivity contribution in [1.82, 2.24) is 9.97 Å². The normalized spacial score (nSPS) is 11.4. The summed E-state index contributed by atoms with van der Waals surface area (Å²) in [6, 6.07) is 0. The molecule has 0 saturated heterocycles. The van der Waals surface area contributed by atoms with Crippen LogP contribution in [0.2, 0.25) is 0 Å². The molecule has 1 heterocycles. The minimum absolute atomic E-state index is 0.537. The monoisotopic (exact) mass is 252 g/mol. The Morgan fingerprint density at radius 1 is 1.33 bits per heavy atom. The molecule has 18 heavy (non-hydrogen) atoms. The molecule has 5 heteroatoms. The fourth-order valence-corrected chi connectivity index (χ4v) is 1.67. The first-order valence-corrected chi connectivity index (χ1v) is 6.49. The Morgan fingerprint density at radius 2 is 2.06 bits per heavy atom. The quantitative estimate of drug-likeness (QED) is 0.776. The zero-order chi connectivity index (χ0) is 13.6. The van der Waals surface area contributed by atoms with Gasteiger partial charge in [-0.3, -0.25) is 4.98 Å². The Labute approximate surface area is 109 Å². The maximum Gasteiger partial charge on any atom is 0.149 e. The van der Waals surface area contributed by atoms with Crippen LogP contribution in [0, 0.1) is 0 Å². The molecule has 0 aliphatic carbocycles. The van der Waals surface area contributed by atoms with Crippen LogP contribution in [0.1, 0.15) is 34.1 Å². The van der Waals surface area contributed by atoms with Gasteiger partial charge in [0.2, 0.25) is 0 Å². The van der Waals surface area contributed by atoms with Gasteiger partial charge in [-0.1, -0.05) is 6.92 Å². The van der Waals surface area contributed by atoms with Crippen LogP contribution in [0.4, 0.5) is 11.6 Å². The van der Waals surface area contributed by atoms with Crippen LogP contribution in [0.15, 0.2) is 12.4 Å². The first kappa shape index (κ1) is 14.7. The summed E-state index contributed by atoms with van der Waals surface area (Å²) in [6.07, 6.45) is 4.50. The molecule has 0 radical (unpaired) electrons. The van der Waals surface area contributed by atoms with E-state index in [-0.39, 0.29) is 0 Å². The topological polar surface area (TPSA) is 61.3 Å². The van der Waals surface area contributed by atoms with Crippen molar-refractivity contribution >= 4 is 11.6 Å². The van der Waals surface area contributed by atoms with Crippen molar-refractivity contribution in [3.05, 3.63) is 12.4 Å². The molecule has 0 amide bonds. The highest BCUT2D eigenvalue weighted by Gasteiger charge is 2.18. The van der Waals surface area contributed by atoms with Gasteiger partial charge in [-0.05, 0) is 27.2 Å². The first-order chi connectivity index (χ1) is 8.46. The summed E-state index contributed by atoms with van der Waals surface area (Å²) in [5, 5.41) is 13.1. The van der Waals surface area contributed by atoms with Crippen LogP contribution in [0.25, 0.3) is 0 Å². The number of anilines is 2. The predicted octanol–water partition coefficient (Wildman–Crippen LogP) is 1.90. The fraction of sp³-hybridized carbons (Fsp3) is 0.692. The second kappa shape index (κ2) is 6.54. The minimum atomic E-state index is -0.745. The maximum absolute atomic E-state index is 9.89. The number of likely N-dealkylation sites (N-methyl/N-ethyl adjacent to an activating group) is 1. The number of nitrogens with zero attached hydrogens (tertiary/aromatic N) is 3. The van der Waals surface area contributed by atoms with Crippen LogP contribution in [0.3, 0.4) is 0 Å². The van der Waals surface area contributed by atoms with Crippen molar-refractivity contribution in [3.8, 4) is 0 Å². The Morgan fingerprint density at radius 3 is 2.61 bits per heavy atom. The van der Waals surface area contributed by atoms with Crippen molar-refractivity contribution in [1.29, 1.82) is 0 Å². The molecule has 0 aliphatic rings. The van der Waals surface area contributed by atoms with E-state index in [1.54, 1.807) is 26.2 Å². The summed E-state index contributed by atoms with van der Waals surface area (Å²) in [4.78, 5) is 10.7. The number of nitrogens with one attached hydrogen (secondary N) is 1. The number of rotatable bonds is 7. The second-order valence-corrected chi connectivity index (χ2v) is 5.02. The Bertz CT molecular complexity index is 362. The molecular formula is C13H24N4O. The highest BCUT2D eigenvalue weighted by Crippen LogP contribution is 2.15. The van der Waals surface area contributed by atoms with Crippen LogP contribution in [-0.2, 0) is 0 Å². The van der Waals surface area contributed by atoms with Crippen LogP contribution >= 0.6 is 0 Å². The van der Waals surface area contributed by atoms with Crippen molar-refractivity contribution < 1.29 is 5.11 Å². The zero-order valence-electron chi connectivity index (χ0n) is 11.8. The number of aliphatic hydroxyl groups is 1. The number of hydrogen-bond acceptors (Lipinski definition) is 5. The van der Waals surface area contributed by atoms with E-state index in [2.05, 4.69) is 22.2 Å². The van der Waals surface area contributed by atoms with Crippen LogP contribution in [0.5, 0.6) is 0 Å². The molecule has 1 rings (SSSR count). The summed E-state index contributed by atoms with van der Waals surface area (Å²) < 4.78 is 0.